The lowest BCUT2D eigenvalue weighted by atomic mass is 9.88. The summed E-state index contributed by atoms with van der Waals surface area (Å²) in [7, 11) is -2.15. The molecule has 0 saturated carbocycles. The third kappa shape index (κ3) is 6.61. The van der Waals surface area contributed by atoms with Crippen LogP contribution in [0.25, 0.3) is 33.3 Å². The first-order valence-corrected chi connectivity index (χ1v) is 18.0. The van der Waals surface area contributed by atoms with Gasteiger partial charge in [-0.15, -0.1) is 0 Å². The molecule has 2 fully saturated rings. The van der Waals surface area contributed by atoms with Crippen molar-refractivity contribution in [1.82, 2.24) is 24.9 Å². The number of halogens is 3. The molecule has 0 unspecified atom stereocenters. The van der Waals surface area contributed by atoms with Crippen molar-refractivity contribution in [3.8, 4) is 22.3 Å². The number of rotatable bonds is 6. The largest absolute Gasteiger partial charge is 0.418 e. The number of amides is 1. The molecule has 3 aromatic carbocycles. The molecule has 268 valence electrons. The highest BCUT2D eigenvalue weighted by atomic mass is 32.2. The van der Waals surface area contributed by atoms with Crippen molar-refractivity contribution in [2.75, 3.05) is 44.7 Å². The third-order valence-corrected chi connectivity index (χ3v) is 11.7. The van der Waals surface area contributed by atoms with E-state index in [9.17, 15) is 26.4 Å². The van der Waals surface area contributed by atoms with Crippen molar-refractivity contribution >= 4 is 32.7 Å². The van der Waals surface area contributed by atoms with Gasteiger partial charge in [-0.1, -0.05) is 35.9 Å². The van der Waals surface area contributed by atoms with Crippen LogP contribution in [0.1, 0.15) is 41.8 Å². The molecule has 0 spiro atoms. The van der Waals surface area contributed by atoms with Crippen LogP contribution in [0.15, 0.2) is 90.1 Å². The minimum atomic E-state index is -4.59. The minimum absolute atomic E-state index is 0. The molecule has 0 atom stereocenters. The maximum atomic E-state index is 14.5. The van der Waals surface area contributed by atoms with Crippen molar-refractivity contribution in [1.29, 1.82) is 0 Å². The smallest absolute Gasteiger partial charge is 0.368 e. The van der Waals surface area contributed by atoms with E-state index in [1.807, 2.05) is 32.7 Å². The summed E-state index contributed by atoms with van der Waals surface area (Å²) in [6.07, 6.45) is -0.768. The Morgan fingerprint density at radius 2 is 1.49 bits per heavy atom. The van der Waals surface area contributed by atoms with Crippen LogP contribution in [0.4, 0.5) is 18.9 Å². The Hall–Kier alpha value is -4.72. The van der Waals surface area contributed by atoms with Gasteiger partial charge in [-0.3, -0.25) is 4.79 Å². The zero-order chi connectivity index (χ0) is 35.6. The van der Waals surface area contributed by atoms with Gasteiger partial charge in [-0.2, -0.15) is 13.2 Å². The predicted molar refractivity (Wildman–Crippen MR) is 194 cm³/mol. The number of aromatic nitrogens is 2. The normalized spacial score (nSPS) is 16.5. The summed E-state index contributed by atoms with van der Waals surface area (Å²) in [5, 5.41) is 0.442. The first kappa shape index (κ1) is 36.1. The van der Waals surface area contributed by atoms with Gasteiger partial charge in [0.25, 0.3) is 15.9 Å². The molecule has 13 heteroatoms. The number of likely N-dealkylation sites (tertiary alicyclic amines) is 1. The summed E-state index contributed by atoms with van der Waals surface area (Å²) >= 11 is 0. The lowest BCUT2D eigenvalue weighted by Gasteiger charge is -2.48. The van der Waals surface area contributed by atoms with E-state index in [4.69, 9.17) is 0 Å². The molecule has 0 radical (unpaired) electrons. The molecule has 5 aromatic rings. The number of aryl methyl sites for hydroxylation is 1. The fourth-order valence-corrected chi connectivity index (χ4v) is 8.06. The molecule has 9 nitrogen and oxygen atoms in total. The van der Waals surface area contributed by atoms with Crippen LogP contribution in [0, 0.1) is 6.92 Å². The number of likely N-dealkylation sites (N-methyl/N-ethyl adjacent to an activating group) is 1. The number of hydrogen-bond donors (Lipinski definition) is 1. The van der Waals surface area contributed by atoms with Gasteiger partial charge >= 0.3 is 6.18 Å². The molecular formula is C38H41F3N6O3S. The number of hydrogen-bond acceptors (Lipinski definition) is 7. The fraction of sp³-hybridized carbons (Fsp3) is 0.316. The van der Waals surface area contributed by atoms with E-state index in [0.717, 1.165) is 22.0 Å². The Morgan fingerprint density at radius 3 is 2.08 bits per heavy atom. The monoisotopic (exact) mass is 718 g/mol. The topological polar surface area (TPSA) is 114 Å². The van der Waals surface area contributed by atoms with Crippen LogP contribution in [0.3, 0.4) is 0 Å². The molecule has 1 amide bonds. The van der Waals surface area contributed by atoms with Crippen LogP contribution in [-0.4, -0.2) is 78.4 Å². The Morgan fingerprint density at radius 1 is 0.843 bits per heavy atom. The number of alkyl halides is 3. The highest BCUT2D eigenvalue weighted by molar-refractivity contribution is 7.90. The Kier molecular flexibility index (Phi) is 9.28. The number of benzene rings is 3. The van der Waals surface area contributed by atoms with Gasteiger partial charge in [0.15, 0.2) is 5.65 Å². The number of carbonyl (C=O) groups excluding carboxylic acids is 1. The SMILES string of the molecule is Cc1ccc(S(=O)(=O)n2cc(-c3ccc(C(=O)N4CCC4(C)C)cc3)c3cc(-c4ccc(N5CCN(C)CC5)c(C(F)(F)F)c4)cnc32)cc1.N. The maximum Gasteiger partial charge on any atom is 0.418 e. The number of fused-ring (bicyclic) bond motifs is 1. The number of pyridine rings is 1. The van der Waals surface area contributed by atoms with E-state index in [2.05, 4.69) is 9.88 Å². The molecule has 0 aliphatic carbocycles. The summed E-state index contributed by atoms with van der Waals surface area (Å²) < 4.78 is 72.6. The van der Waals surface area contributed by atoms with Crippen molar-refractivity contribution in [3.63, 3.8) is 0 Å². The van der Waals surface area contributed by atoms with E-state index in [1.165, 1.54) is 30.6 Å². The third-order valence-electron chi connectivity index (χ3n) is 10.0. The van der Waals surface area contributed by atoms with Crippen molar-refractivity contribution in [3.05, 3.63) is 102 Å². The number of piperazine rings is 1. The number of anilines is 1. The lowest BCUT2D eigenvalue weighted by molar-refractivity contribution is -0.137. The van der Waals surface area contributed by atoms with Crippen LogP contribution in [0.2, 0.25) is 0 Å². The van der Waals surface area contributed by atoms with Crippen LogP contribution in [0.5, 0.6) is 0 Å². The van der Waals surface area contributed by atoms with Crippen LogP contribution < -0.4 is 11.1 Å². The van der Waals surface area contributed by atoms with Gasteiger partial charge < -0.3 is 20.9 Å². The number of carbonyl (C=O) groups is 1. The van der Waals surface area contributed by atoms with Gasteiger partial charge in [0.05, 0.1) is 10.5 Å². The molecule has 2 aliphatic heterocycles. The van der Waals surface area contributed by atoms with Crippen LogP contribution in [-0.2, 0) is 16.2 Å². The predicted octanol–water partition coefficient (Wildman–Crippen LogP) is 7.47. The average molecular weight is 719 g/mol. The summed E-state index contributed by atoms with van der Waals surface area (Å²) in [5.74, 6) is -0.0818. The second-order valence-corrected chi connectivity index (χ2v) is 15.7. The Labute approximate surface area is 295 Å². The average Bonchev–Trinajstić information content (AvgIpc) is 3.48. The molecule has 7 rings (SSSR count). The highest BCUT2D eigenvalue weighted by Gasteiger charge is 2.39. The molecular weight excluding hydrogens is 678 g/mol. The molecule has 4 heterocycles. The second kappa shape index (κ2) is 13.1. The van der Waals surface area contributed by atoms with Crippen molar-refractivity contribution in [2.45, 2.75) is 43.8 Å². The molecule has 2 aliphatic rings. The van der Waals surface area contributed by atoms with Gasteiger partial charge in [0.2, 0.25) is 0 Å². The molecule has 0 bridgehead atoms. The van der Waals surface area contributed by atoms with Gasteiger partial charge in [-0.05, 0) is 87.8 Å². The Balaban J connectivity index is 0.00000448. The van der Waals surface area contributed by atoms with Gasteiger partial charge in [-0.25, -0.2) is 17.4 Å². The van der Waals surface area contributed by atoms with Crippen molar-refractivity contribution in [2.24, 2.45) is 0 Å². The fourth-order valence-electron chi connectivity index (χ4n) is 6.74. The maximum absolute atomic E-state index is 14.5. The molecule has 2 saturated heterocycles. The summed E-state index contributed by atoms with van der Waals surface area (Å²) in [5.41, 5.74) is 2.59. The first-order valence-electron chi connectivity index (χ1n) is 16.5. The van der Waals surface area contributed by atoms with Crippen molar-refractivity contribution < 1.29 is 26.4 Å². The van der Waals surface area contributed by atoms with E-state index in [1.54, 1.807) is 53.4 Å². The van der Waals surface area contributed by atoms with E-state index in [-0.39, 0.29) is 33.8 Å². The zero-order valence-corrected chi connectivity index (χ0v) is 29.9. The minimum Gasteiger partial charge on any atom is -0.368 e. The van der Waals surface area contributed by atoms with Crippen LogP contribution >= 0.6 is 0 Å². The standard InChI is InChI=1S/C38H38F3N5O3S.H3N/c1-25-5-12-30(13-6-25)50(48,49)46-24-32(26-7-9-27(10-8-26)36(47)45-16-15-37(45,2)3)31-21-29(23-42-35(31)46)28-11-14-34(33(22-28)38(39,40)41)44-19-17-43(4)18-20-44;/h5-14,21-24H,15-20H2,1-4H3;1H3. The number of nitrogens with zero attached hydrogens (tertiary/aromatic N) is 5. The quantitative estimate of drug-likeness (QED) is 0.194. The molecule has 51 heavy (non-hydrogen) atoms. The highest BCUT2D eigenvalue weighted by Crippen LogP contribution is 2.41. The molecule has 3 N–H and O–H groups in total. The zero-order valence-electron chi connectivity index (χ0n) is 29.0. The Bertz CT molecular complexity index is 2210. The molecule has 2 aromatic heterocycles. The van der Waals surface area contributed by atoms with E-state index < -0.39 is 21.8 Å². The lowest BCUT2D eigenvalue weighted by Crippen LogP contribution is -2.58. The van der Waals surface area contributed by atoms with Gasteiger partial charge in [0, 0.05) is 78.4 Å². The first-order chi connectivity index (χ1) is 23.6. The van der Waals surface area contributed by atoms with E-state index in [0.29, 0.717) is 65.9 Å². The van der Waals surface area contributed by atoms with Gasteiger partial charge in [0.1, 0.15) is 0 Å². The second-order valence-electron chi connectivity index (χ2n) is 13.9. The summed E-state index contributed by atoms with van der Waals surface area (Å²) in [6.45, 7) is 8.88. The summed E-state index contributed by atoms with van der Waals surface area (Å²) in [4.78, 5) is 23.5. The summed E-state index contributed by atoms with van der Waals surface area (Å²) in [6, 6.07) is 19.4. The van der Waals surface area contributed by atoms with E-state index >= 15 is 0 Å².